The molecule has 7 heteroatoms. The molecule has 0 aliphatic rings. The Kier molecular flexibility index (Phi) is 5.09. The maximum Gasteiger partial charge on any atom is 0.205 e. The quantitative estimate of drug-likeness (QED) is 0.395. The van der Waals surface area contributed by atoms with Crippen molar-refractivity contribution in [2.75, 3.05) is 7.11 Å². The minimum atomic E-state index is -0.0825. The number of amidine groups is 1. The van der Waals surface area contributed by atoms with Crippen LogP contribution in [0.4, 0.5) is 0 Å². The third-order valence-electron chi connectivity index (χ3n) is 2.40. The Labute approximate surface area is 121 Å². The van der Waals surface area contributed by atoms with Crippen LogP contribution in [0.25, 0.3) is 11.3 Å². The van der Waals surface area contributed by atoms with Gasteiger partial charge in [-0.2, -0.15) is 0 Å². The molecule has 0 bridgehead atoms. The first-order chi connectivity index (χ1) is 8.65. The van der Waals surface area contributed by atoms with Crippen molar-refractivity contribution in [3.63, 3.8) is 0 Å². The summed E-state index contributed by atoms with van der Waals surface area (Å²) in [6.45, 7) is 0. The van der Waals surface area contributed by atoms with Gasteiger partial charge >= 0.3 is 0 Å². The van der Waals surface area contributed by atoms with E-state index >= 15 is 0 Å². The molecule has 0 fully saturated rings. The summed E-state index contributed by atoms with van der Waals surface area (Å²) < 4.78 is 10.5. The molecule has 2 aromatic rings. The summed E-state index contributed by atoms with van der Waals surface area (Å²) in [5, 5.41) is 11.9. The standard InChI is InChI=1S/C12H11ClN2O3.ClH/c1-17-10-3-2-7(6-8(10)13)9-4-5-11(18-9)12(14)15-16;/h2-6,16H,1H3,(H2,14,15);1H. The number of halogens is 2. The highest BCUT2D eigenvalue weighted by Gasteiger charge is 2.10. The van der Waals surface area contributed by atoms with Gasteiger partial charge in [0, 0.05) is 5.56 Å². The Bertz CT molecular complexity index is 596. The van der Waals surface area contributed by atoms with E-state index in [0.29, 0.717) is 22.3 Å². The predicted octanol–water partition coefficient (Wildman–Crippen LogP) is 3.12. The number of ether oxygens (including phenoxy) is 1. The topological polar surface area (TPSA) is 81.0 Å². The van der Waals surface area contributed by atoms with Crippen LogP contribution in [-0.4, -0.2) is 18.2 Å². The van der Waals surface area contributed by atoms with Crippen LogP contribution in [0.3, 0.4) is 0 Å². The van der Waals surface area contributed by atoms with E-state index in [4.69, 9.17) is 31.7 Å². The lowest BCUT2D eigenvalue weighted by atomic mass is 10.2. The Morgan fingerprint density at radius 1 is 1.37 bits per heavy atom. The fraction of sp³-hybridized carbons (Fsp3) is 0.0833. The van der Waals surface area contributed by atoms with Crippen molar-refractivity contribution in [2.24, 2.45) is 10.9 Å². The molecule has 0 spiro atoms. The molecule has 0 atom stereocenters. The number of rotatable bonds is 3. The molecule has 0 saturated heterocycles. The van der Waals surface area contributed by atoms with Gasteiger partial charge in [0.2, 0.25) is 5.84 Å². The average molecular weight is 303 g/mol. The van der Waals surface area contributed by atoms with Crippen LogP contribution in [0, 0.1) is 0 Å². The van der Waals surface area contributed by atoms with E-state index in [2.05, 4.69) is 5.16 Å². The number of oxime groups is 1. The molecule has 1 aromatic heterocycles. The smallest absolute Gasteiger partial charge is 0.205 e. The number of methoxy groups -OCH3 is 1. The van der Waals surface area contributed by atoms with Crippen molar-refractivity contribution in [3.05, 3.63) is 41.1 Å². The first kappa shape index (κ1) is 15.2. The van der Waals surface area contributed by atoms with Gasteiger partial charge < -0.3 is 20.1 Å². The lowest BCUT2D eigenvalue weighted by molar-refractivity contribution is 0.317. The molecule has 5 nitrogen and oxygen atoms in total. The molecule has 0 saturated carbocycles. The molecular formula is C12H12Cl2N2O3. The summed E-state index contributed by atoms with van der Waals surface area (Å²) in [5.74, 6) is 1.37. The second kappa shape index (κ2) is 6.36. The Morgan fingerprint density at radius 3 is 2.68 bits per heavy atom. The van der Waals surface area contributed by atoms with Crippen LogP contribution in [0.2, 0.25) is 5.02 Å². The maximum atomic E-state index is 8.55. The van der Waals surface area contributed by atoms with Gasteiger partial charge in [0.1, 0.15) is 11.5 Å². The van der Waals surface area contributed by atoms with Crippen molar-refractivity contribution >= 4 is 29.8 Å². The van der Waals surface area contributed by atoms with Crippen LogP contribution in [-0.2, 0) is 0 Å². The number of hydrogen-bond donors (Lipinski definition) is 2. The molecule has 19 heavy (non-hydrogen) atoms. The van der Waals surface area contributed by atoms with Gasteiger partial charge in [-0.1, -0.05) is 16.8 Å². The highest BCUT2D eigenvalue weighted by molar-refractivity contribution is 6.32. The Morgan fingerprint density at radius 2 is 2.11 bits per heavy atom. The van der Waals surface area contributed by atoms with Gasteiger partial charge in [0.25, 0.3) is 0 Å². The number of nitrogens with zero attached hydrogens (tertiary/aromatic N) is 1. The summed E-state index contributed by atoms with van der Waals surface area (Å²) in [5.41, 5.74) is 6.20. The van der Waals surface area contributed by atoms with Crippen LogP contribution in [0.15, 0.2) is 39.9 Å². The first-order valence-electron chi connectivity index (χ1n) is 5.07. The van der Waals surface area contributed by atoms with E-state index in [1.54, 1.807) is 37.4 Å². The van der Waals surface area contributed by atoms with E-state index < -0.39 is 0 Å². The molecule has 0 radical (unpaired) electrons. The summed E-state index contributed by atoms with van der Waals surface area (Å²) in [4.78, 5) is 0. The summed E-state index contributed by atoms with van der Waals surface area (Å²) >= 11 is 6.02. The minimum absolute atomic E-state index is 0. The zero-order valence-corrected chi connectivity index (χ0v) is 11.5. The fourth-order valence-corrected chi connectivity index (χ4v) is 1.76. The van der Waals surface area contributed by atoms with Crippen molar-refractivity contribution < 1.29 is 14.4 Å². The highest BCUT2D eigenvalue weighted by atomic mass is 35.5. The van der Waals surface area contributed by atoms with Crippen LogP contribution >= 0.6 is 24.0 Å². The highest BCUT2D eigenvalue weighted by Crippen LogP contribution is 2.30. The number of benzene rings is 1. The van der Waals surface area contributed by atoms with Crippen molar-refractivity contribution in [3.8, 4) is 17.1 Å². The summed E-state index contributed by atoms with van der Waals surface area (Å²) in [6, 6.07) is 8.59. The molecule has 0 amide bonds. The van der Waals surface area contributed by atoms with Crippen LogP contribution in [0.1, 0.15) is 5.76 Å². The summed E-state index contributed by atoms with van der Waals surface area (Å²) in [7, 11) is 1.55. The number of nitrogens with two attached hydrogens (primary N) is 1. The van der Waals surface area contributed by atoms with Crippen LogP contribution in [0.5, 0.6) is 5.75 Å². The van der Waals surface area contributed by atoms with Gasteiger partial charge in [-0.15, -0.1) is 12.4 Å². The van der Waals surface area contributed by atoms with Gasteiger partial charge in [-0.3, -0.25) is 0 Å². The second-order valence-corrected chi connectivity index (χ2v) is 3.91. The lowest BCUT2D eigenvalue weighted by Gasteiger charge is -2.04. The lowest BCUT2D eigenvalue weighted by Crippen LogP contribution is -2.11. The second-order valence-electron chi connectivity index (χ2n) is 3.50. The third-order valence-corrected chi connectivity index (χ3v) is 2.70. The fourth-order valence-electron chi connectivity index (χ4n) is 1.50. The first-order valence-corrected chi connectivity index (χ1v) is 5.45. The largest absolute Gasteiger partial charge is 0.495 e. The average Bonchev–Trinajstić information content (AvgIpc) is 2.87. The Hall–Kier alpha value is -1.85. The zero-order valence-electron chi connectivity index (χ0n) is 9.96. The molecular weight excluding hydrogens is 291 g/mol. The van der Waals surface area contributed by atoms with Gasteiger partial charge in [0.15, 0.2) is 5.76 Å². The van der Waals surface area contributed by atoms with Crippen molar-refractivity contribution in [2.45, 2.75) is 0 Å². The van der Waals surface area contributed by atoms with Gasteiger partial charge in [-0.25, -0.2) is 0 Å². The number of hydrogen-bond acceptors (Lipinski definition) is 4. The van der Waals surface area contributed by atoms with E-state index in [1.807, 2.05) is 0 Å². The van der Waals surface area contributed by atoms with E-state index in [-0.39, 0.29) is 18.2 Å². The zero-order chi connectivity index (χ0) is 13.1. The van der Waals surface area contributed by atoms with Gasteiger partial charge in [-0.05, 0) is 30.3 Å². The van der Waals surface area contributed by atoms with Crippen LogP contribution < -0.4 is 10.5 Å². The SMILES string of the molecule is COc1ccc(-c2ccc(C(N)=NO)o2)cc1Cl.Cl. The molecule has 102 valence electrons. The van der Waals surface area contributed by atoms with E-state index in [9.17, 15) is 0 Å². The van der Waals surface area contributed by atoms with Gasteiger partial charge in [0.05, 0.1) is 12.1 Å². The molecule has 1 heterocycles. The molecule has 0 unspecified atom stereocenters. The van der Waals surface area contributed by atoms with Crippen molar-refractivity contribution in [1.29, 1.82) is 0 Å². The Balaban J connectivity index is 0.00000180. The monoisotopic (exact) mass is 302 g/mol. The molecule has 1 aromatic carbocycles. The maximum absolute atomic E-state index is 8.55. The molecule has 0 aliphatic heterocycles. The summed E-state index contributed by atoms with van der Waals surface area (Å²) in [6.07, 6.45) is 0. The third kappa shape index (κ3) is 3.13. The van der Waals surface area contributed by atoms with E-state index in [1.165, 1.54) is 0 Å². The van der Waals surface area contributed by atoms with E-state index in [0.717, 1.165) is 5.56 Å². The predicted molar refractivity (Wildman–Crippen MR) is 75.5 cm³/mol. The minimum Gasteiger partial charge on any atom is -0.495 e. The molecule has 3 N–H and O–H groups in total. The molecule has 0 aliphatic carbocycles. The molecule has 2 rings (SSSR count). The van der Waals surface area contributed by atoms with Crippen molar-refractivity contribution in [1.82, 2.24) is 0 Å². The number of furan rings is 1. The normalized spacial score (nSPS) is 10.9.